The number of carbonyl (C=O) groups is 2. The zero-order chi connectivity index (χ0) is 29.8. The Labute approximate surface area is 291 Å². The molecule has 0 aromatic heterocycles. The van der Waals surface area contributed by atoms with Crippen LogP contribution in [0.3, 0.4) is 0 Å². The van der Waals surface area contributed by atoms with Gasteiger partial charge in [-0.1, -0.05) is 150 Å². The molecule has 4 nitrogen and oxygen atoms in total. The first-order valence-corrected chi connectivity index (χ1v) is 15.2. The van der Waals surface area contributed by atoms with Crippen molar-refractivity contribution in [2.24, 2.45) is 0 Å². The summed E-state index contributed by atoms with van der Waals surface area (Å²) in [5, 5.41) is 20.4. The number of carbonyl (C=O) groups excluding carboxylic acids is 2. The van der Waals surface area contributed by atoms with E-state index >= 15 is 0 Å². The van der Waals surface area contributed by atoms with E-state index in [1.807, 2.05) is 48.6 Å². The fourth-order valence-electron chi connectivity index (χ4n) is 3.42. The second-order valence-corrected chi connectivity index (χ2v) is 9.43. The van der Waals surface area contributed by atoms with Crippen molar-refractivity contribution in [2.75, 3.05) is 0 Å². The van der Waals surface area contributed by atoms with E-state index in [1.165, 1.54) is 25.7 Å². The van der Waals surface area contributed by atoms with Crippen molar-refractivity contribution in [3.63, 3.8) is 0 Å². The molecule has 0 spiro atoms. The van der Waals surface area contributed by atoms with E-state index in [2.05, 4.69) is 62.5 Å². The molecule has 41 heavy (non-hydrogen) atoms. The van der Waals surface area contributed by atoms with Crippen molar-refractivity contribution >= 4 is 60.8 Å². The minimum absolute atomic E-state index is 0. The molecule has 0 saturated carbocycles. The Balaban J connectivity index is -0.000000688. The Morgan fingerprint density at radius 1 is 0.415 bits per heavy atom. The number of carboxylic acid groups (broad SMARTS) is 2. The molecule has 0 N–H and O–H groups in total. The molecular formula is C36H54BaO4. The van der Waals surface area contributed by atoms with Gasteiger partial charge in [-0.05, 0) is 64.2 Å². The van der Waals surface area contributed by atoms with Crippen molar-refractivity contribution in [3.05, 3.63) is 97.2 Å². The van der Waals surface area contributed by atoms with Crippen LogP contribution in [0.1, 0.15) is 117 Å². The van der Waals surface area contributed by atoms with Gasteiger partial charge in [-0.15, -0.1) is 0 Å². The Morgan fingerprint density at radius 3 is 1.00 bits per heavy atom. The van der Waals surface area contributed by atoms with Crippen molar-refractivity contribution in [1.82, 2.24) is 0 Å². The number of allylic oxidation sites excluding steroid dienone is 16. The van der Waals surface area contributed by atoms with Gasteiger partial charge in [0, 0.05) is 11.9 Å². The van der Waals surface area contributed by atoms with Gasteiger partial charge >= 0.3 is 48.9 Å². The number of carboxylic acids is 2. The molecule has 0 rings (SSSR count). The standard InChI is InChI=1S/2C18H28O2.Ba/c2*1-2-3-4-5-6-7-8-9-10-11-12-13-14-15-16-17-18(19)20;/h2*3-10H,2,11-17H2,1H3,(H,19,20);/q;;+2/p-2. The van der Waals surface area contributed by atoms with E-state index in [-0.39, 0.29) is 61.7 Å². The summed E-state index contributed by atoms with van der Waals surface area (Å²) in [7, 11) is 0. The molecule has 5 heteroatoms. The molecule has 0 amide bonds. The topological polar surface area (TPSA) is 80.3 Å². The van der Waals surface area contributed by atoms with Crippen LogP contribution in [-0.4, -0.2) is 60.8 Å². The quantitative estimate of drug-likeness (QED) is 0.0589. The predicted octanol–water partition coefficient (Wildman–Crippen LogP) is 7.82. The van der Waals surface area contributed by atoms with Gasteiger partial charge < -0.3 is 19.8 Å². The number of hydrogen-bond acceptors (Lipinski definition) is 4. The molecule has 0 aliphatic rings. The summed E-state index contributed by atoms with van der Waals surface area (Å²) in [5.41, 5.74) is 0. The molecule has 0 bridgehead atoms. The average Bonchev–Trinajstić information content (AvgIpc) is 2.93. The Hall–Kier alpha value is -1.57. The summed E-state index contributed by atoms with van der Waals surface area (Å²) < 4.78 is 0. The average molecular weight is 688 g/mol. The maximum atomic E-state index is 10.2. The van der Waals surface area contributed by atoms with Crippen LogP contribution >= 0.6 is 0 Å². The third-order valence-electron chi connectivity index (χ3n) is 5.63. The van der Waals surface area contributed by atoms with Gasteiger partial charge in [0.25, 0.3) is 0 Å². The zero-order valence-electron chi connectivity index (χ0n) is 25.9. The van der Waals surface area contributed by atoms with Crippen LogP contribution in [0.25, 0.3) is 0 Å². The second-order valence-electron chi connectivity index (χ2n) is 9.43. The van der Waals surface area contributed by atoms with E-state index in [1.54, 1.807) is 0 Å². The van der Waals surface area contributed by atoms with Gasteiger partial charge in [0.15, 0.2) is 0 Å². The fourth-order valence-corrected chi connectivity index (χ4v) is 3.42. The number of rotatable bonds is 24. The van der Waals surface area contributed by atoms with Gasteiger partial charge in [0.05, 0.1) is 0 Å². The van der Waals surface area contributed by atoms with E-state index in [0.29, 0.717) is 0 Å². The smallest absolute Gasteiger partial charge is 0.550 e. The Bertz CT molecular complexity index is 745. The molecule has 0 aliphatic carbocycles. The summed E-state index contributed by atoms with van der Waals surface area (Å²) in [6, 6.07) is 0. The number of aliphatic carboxylic acids is 2. The van der Waals surface area contributed by atoms with Crippen molar-refractivity contribution in [2.45, 2.75) is 117 Å². The molecule has 0 heterocycles. The van der Waals surface area contributed by atoms with Gasteiger partial charge in [0.1, 0.15) is 0 Å². The van der Waals surface area contributed by atoms with Crippen molar-refractivity contribution in [1.29, 1.82) is 0 Å². The van der Waals surface area contributed by atoms with Crippen LogP contribution in [0, 0.1) is 0 Å². The first-order valence-electron chi connectivity index (χ1n) is 15.2. The summed E-state index contributed by atoms with van der Waals surface area (Å²) >= 11 is 0. The molecule has 0 radical (unpaired) electrons. The second kappa shape index (κ2) is 40.6. The van der Waals surface area contributed by atoms with Crippen LogP contribution in [0.5, 0.6) is 0 Å². The predicted molar refractivity (Wildman–Crippen MR) is 174 cm³/mol. The van der Waals surface area contributed by atoms with Crippen LogP contribution in [-0.2, 0) is 9.59 Å². The van der Waals surface area contributed by atoms with E-state index in [0.717, 1.165) is 64.2 Å². The molecule has 0 aliphatic heterocycles. The van der Waals surface area contributed by atoms with E-state index in [4.69, 9.17) is 0 Å². The Kier molecular flexibility index (Phi) is 43.4. The maximum Gasteiger partial charge on any atom is 2.00 e. The first kappa shape index (κ1) is 43.9. The third kappa shape index (κ3) is 48.5. The summed E-state index contributed by atoms with van der Waals surface area (Å²) in [5.74, 6) is -1.86. The molecule has 0 aromatic carbocycles. The largest absolute Gasteiger partial charge is 2.00 e. The third-order valence-corrected chi connectivity index (χ3v) is 5.63. The van der Waals surface area contributed by atoms with Crippen LogP contribution in [0.15, 0.2) is 97.2 Å². The summed E-state index contributed by atoms with van der Waals surface area (Å²) in [6.45, 7) is 4.23. The molecule has 0 atom stereocenters. The van der Waals surface area contributed by atoms with Gasteiger partial charge in [-0.25, -0.2) is 0 Å². The maximum absolute atomic E-state index is 10.2. The molecule has 0 aromatic rings. The molecule has 0 unspecified atom stereocenters. The van der Waals surface area contributed by atoms with Crippen molar-refractivity contribution in [3.8, 4) is 0 Å². The Morgan fingerprint density at radius 2 is 0.683 bits per heavy atom. The SMILES string of the molecule is CCC=CC=CC=CC=CCCCCCCCC(=O)[O-].CCC=CC=CC=CC=CCCCCCCCC(=O)[O-].[Ba+2]. The van der Waals surface area contributed by atoms with Gasteiger partial charge in [0.2, 0.25) is 0 Å². The molecular weight excluding hydrogens is 634 g/mol. The monoisotopic (exact) mass is 688 g/mol. The number of unbranched alkanes of at least 4 members (excludes halogenated alkanes) is 10. The normalized spacial score (nSPS) is 12.1. The first-order chi connectivity index (χ1) is 19.5. The number of hydrogen-bond donors (Lipinski definition) is 0. The van der Waals surface area contributed by atoms with Crippen LogP contribution < -0.4 is 10.2 Å². The molecule has 224 valence electrons. The van der Waals surface area contributed by atoms with Gasteiger partial charge in [-0.3, -0.25) is 0 Å². The fraction of sp³-hybridized carbons (Fsp3) is 0.500. The van der Waals surface area contributed by atoms with Crippen LogP contribution in [0.2, 0.25) is 0 Å². The minimum Gasteiger partial charge on any atom is -0.550 e. The van der Waals surface area contributed by atoms with Crippen molar-refractivity contribution < 1.29 is 19.8 Å². The van der Waals surface area contributed by atoms with E-state index < -0.39 is 11.9 Å². The summed E-state index contributed by atoms with van der Waals surface area (Å²) in [4.78, 5) is 20.4. The molecule has 0 saturated heterocycles. The van der Waals surface area contributed by atoms with Gasteiger partial charge in [-0.2, -0.15) is 0 Å². The van der Waals surface area contributed by atoms with Crippen LogP contribution in [0.4, 0.5) is 0 Å². The summed E-state index contributed by atoms with van der Waals surface area (Å²) in [6.07, 6.45) is 48.2. The van der Waals surface area contributed by atoms with E-state index in [9.17, 15) is 19.8 Å². The minimum atomic E-state index is -0.932. The zero-order valence-corrected chi connectivity index (χ0v) is 30.3. The molecule has 0 fully saturated rings.